The average Bonchev–Trinajstić information content (AvgIpc) is 3.11. The molecule has 0 fully saturated rings. The number of nitrogens with zero attached hydrogens (tertiary/aromatic N) is 2. The largest absolute Gasteiger partial charge is 0.496 e. The molecule has 9 heteroatoms. The molecular formula is C22H27F3N3O2S+. The highest BCUT2D eigenvalue weighted by atomic mass is 32.2. The molecule has 1 aromatic carbocycles. The standard InChI is InChI=1S/C22H27F3N3O2S/c1-6-30-21(3,4)13-31-12-18-14(2)19(29-5)9-10-28(18)20-26-16-8-7-15(22(23,24)25)11-17(16)27-20/h7-11H,6,12-13H2,1-5H3,(H,26,27)/q+1. The predicted octanol–water partition coefficient (Wildman–Crippen LogP) is 5.22. The Morgan fingerprint density at radius 1 is 1.19 bits per heavy atom. The van der Waals surface area contributed by atoms with Crippen LogP contribution in [0.1, 0.15) is 37.6 Å². The molecule has 0 bridgehead atoms. The lowest BCUT2D eigenvalue weighted by Gasteiger charge is -2.24. The van der Waals surface area contributed by atoms with Gasteiger partial charge in [-0.15, -0.1) is 0 Å². The van der Waals surface area contributed by atoms with Crippen LogP contribution in [0.25, 0.3) is 17.0 Å². The fraction of sp³-hybridized carbons (Fsp3) is 0.455. The van der Waals surface area contributed by atoms with E-state index < -0.39 is 11.7 Å². The lowest BCUT2D eigenvalue weighted by atomic mass is 10.2. The summed E-state index contributed by atoms with van der Waals surface area (Å²) in [5.74, 6) is 2.64. The van der Waals surface area contributed by atoms with Crippen molar-refractivity contribution in [3.8, 4) is 11.7 Å². The van der Waals surface area contributed by atoms with Crippen molar-refractivity contribution in [2.75, 3.05) is 19.5 Å². The van der Waals surface area contributed by atoms with E-state index in [1.54, 1.807) is 18.9 Å². The second kappa shape index (κ2) is 9.08. The third kappa shape index (κ3) is 5.33. The maximum atomic E-state index is 13.1. The topological polar surface area (TPSA) is 51.0 Å². The van der Waals surface area contributed by atoms with Crippen LogP contribution in [-0.2, 0) is 16.7 Å². The summed E-state index contributed by atoms with van der Waals surface area (Å²) in [6.45, 7) is 8.67. The van der Waals surface area contributed by atoms with Crippen molar-refractivity contribution in [2.24, 2.45) is 0 Å². The van der Waals surface area contributed by atoms with E-state index in [4.69, 9.17) is 9.47 Å². The molecule has 0 saturated carbocycles. The minimum atomic E-state index is -4.40. The van der Waals surface area contributed by atoms with Gasteiger partial charge in [-0.25, -0.2) is 9.55 Å². The predicted molar refractivity (Wildman–Crippen MR) is 116 cm³/mol. The summed E-state index contributed by atoms with van der Waals surface area (Å²) in [7, 11) is 1.61. The molecule has 168 valence electrons. The lowest BCUT2D eigenvalue weighted by molar-refractivity contribution is -0.610. The van der Waals surface area contributed by atoms with Gasteiger partial charge in [0, 0.05) is 29.7 Å². The molecule has 3 aromatic rings. The van der Waals surface area contributed by atoms with E-state index in [9.17, 15) is 13.2 Å². The zero-order chi connectivity index (χ0) is 22.8. The molecule has 3 rings (SSSR count). The number of hydrogen-bond acceptors (Lipinski definition) is 4. The SMILES string of the molecule is CCOC(C)(C)CSCc1c(C)c(OC)cc[n+]1-c1nc2ccc(C(F)(F)F)cc2[nH]1. The van der Waals surface area contributed by atoms with Crippen LogP contribution < -0.4 is 9.30 Å². The monoisotopic (exact) mass is 454 g/mol. The lowest BCUT2D eigenvalue weighted by Crippen LogP contribution is -2.38. The molecule has 0 unspecified atom stereocenters. The molecule has 5 nitrogen and oxygen atoms in total. The smallest absolute Gasteiger partial charge is 0.416 e. The molecule has 1 N–H and O–H groups in total. The van der Waals surface area contributed by atoms with Gasteiger partial charge in [-0.3, -0.25) is 0 Å². The highest BCUT2D eigenvalue weighted by Gasteiger charge is 2.32. The van der Waals surface area contributed by atoms with E-state index in [2.05, 4.69) is 9.97 Å². The number of halogens is 3. The number of imidazole rings is 1. The Bertz CT molecular complexity index is 1060. The van der Waals surface area contributed by atoms with Crippen LogP contribution in [0, 0.1) is 6.92 Å². The molecule has 0 aliphatic heterocycles. The number of benzene rings is 1. The minimum absolute atomic E-state index is 0.260. The van der Waals surface area contributed by atoms with E-state index in [1.807, 2.05) is 44.5 Å². The van der Waals surface area contributed by atoms with Crippen molar-refractivity contribution in [3.63, 3.8) is 0 Å². The Balaban J connectivity index is 1.97. The van der Waals surface area contributed by atoms with Crippen molar-refractivity contribution in [2.45, 2.75) is 45.2 Å². The number of rotatable bonds is 8. The summed E-state index contributed by atoms with van der Waals surface area (Å²) < 4.78 is 52.3. The van der Waals surface area contributed by atoms with Gasteiger partial charge in [-0.2, -0.15) is 24.9 Å². The van der Waals surface area contributed by atoms with Gasteiger partial charge < -0.3 is 9.47 Å². The highest BCUT2D eigenvalue weighted by Crippen LogP contribution is 2.31. The summed E-state index contributed by atoms with van der Waals surface area (Å²) in [5, 5.41) is 0. The molecular weight excluding hydrogens is 427 g/mol. The zero-order valence-electron chi connectivity index (χ0n) is 18.3. The second-order valence-corrected chi connectivity index (χ2v) is 8.79. The van der Waals surface area contributed by atoms with Gasteiger partial charge in [0.05, 0.1) is 24.5 Å². The summed E-state index contributed by atoms with van der Waals surface area (Å²) in [4.78, 5) is 7.55. The average molecular weight is 455 g/mol. The number of thioether (sulfide) groups is 1. The molecule has 2 aromatic heterocycles. The molecule has 0 aliphatic rings. The number of H-pyrrole nitrogens is 1. The maximum absolute atomic E-state index is 13.1. The van der Waals surface area contributed by atoms with Crippen molar-refractivity contribution in [1.82, 2.24) is 9.97 Å². The van der Waals surface area contributed by atoms with Crippen molar-refractivity contribution in [1.29, 1.82) is 0 Å². The van der Waals surface area contributed by atoms with Crippen molar-refractivity contribution < 1.29 is 27.2 Å². The third-order valence-electron chi connectivity index (χ3n) is 4.94. The first-order valence-corrected chi connectivity index (χ1v) is 11.1. The quantitative estimate of drug-likeness (QED) is 0.474. The Hall–Kier alpha value is -2.26. The summed E-state index contributed by atoms with van der Waals surface area (Å²) in [6, 6.07) is 5.33. The first-order valence-electron chi connectivity index (χ1n) is 9.93. The van der Waals surface area contributed by atoms with Gasteiger partial charge in [0.2, 0.25) is 0 Å². The van der Waals surface area contributed by atoms with Crippen LogP contribution in [0.3, 0.4) is 0 Å². The summed E-state index contributed by atoms with van der Waals surface area (Å²) in [6.07, 6.45) is -2.59. The van der Waals surface area contributed by atoms with E-state index in [0.717, 1.165) is 34.9 Å². The minimum Gasteiger partial charge on any atom is -0.496 e. The molecule has 2 heterocycles. The van der Waals surface area contributed by atoms with E-state index in [1.165, 1.54) is 6.07 Å². The second-order valence-electron chi connectivity index (χ2n) is 7.80. The maximum Gasteiger partial charge on any atom is 0.416 e. The molecule has 0 radical (unpaired) electrons. The van der Waals surface area contributed by atoms with Crippen LogP contribution in [0.4, 0.5) is 13.2 Å². The fourth-order valence-electron chi connectivity index (χ4n) is 3.39. The Morgan fingerprint density at radius 3 is 2.58 bits per heavy atom. The number of nitrogens with one attached hydrogen (secondary N) is 1. The number of aromatic amines is 1. The Labute approximate surface area is 184 Å². The van der Waals surface area contributed by atoms with Crippen LogP contribution in [0.5, 0.6) is 5.75 Å². The van der Waals surface area contributed by atoms with Crippen molar-refractivity contribution >= 4 is 22.8 Å². The summed E-state index contributed by atoms with van der Waals surface area (Å²) in [5.41, 5.74) is 1.74. The van der Waals surface area contributed by atoms with E-state index >= 15 is 0 Å². The highest BCUT2D eigenvalue weighted by molar-refractivity contribution is 7.98. The number of hydrogen-bond donors (Lipinski definition) is 1. The van der Waals surface area contributed by atoms with Crippen LogP contribution in [-0.4, -0.2) is 35.0 Å². The van der Waals surface area contributed by atoms with Gasteiger partial charge in [-0.05, 0) is 45.9 Å². The van der Waals surface area contributed by atoms with Crippen LogP contribution in [0.15, 0.2) is 30.5 Å². The number of methoxy groups -OCH3 is 1. The molecule has 0 saturated heterocycles. The molecule has 0 spiro atoms. The molecule has 0 amide bonds. The fourth-order valence-corrected chi connectivity index (χ4v) is 4.62. The van der Waals surface area contributed by atoms with Crippen LogP contribution in [0.2, 0.25) is 0 Å². The Kier molecular flexibility index (Phi) is 6.85. The van der Waals surface area contributed by atoms with Gasteiger partial charge in [0.15, 0.2) is 5.52 Å². The number of ether oxygens (including phenoxy) is 2. The van der Waals surface area contributed by atoms with E-state index in [-0.39, 0.29) is 5.60 Å². The van der Waals surface area contributed by atoms with E-state index in [0.29, 0.717) is 29.3 Å². The number of pyridine rings is 1. The number of fused-ring (bicyclic) bond motifs is 1. The molecule has 31 heavy (non-hydrogen) atoms. The van der Waals surface area contributed by atoms with Crippen LogP contribution >= 0.6 is 11.8 Å². The van der Waals surface area contributed by atoms with Crippen molar-refractivity contribution in [3.05, 3.63) is 47.3 Å². The van der Waals surface area contributed by atoms with Gasteiger partial charge in [0.1, 0.15) is 17.0 Å². The normalized spacial score (nSPS) is 12.5. The van der Waals surface area contributed by atoms with Gasteiger partial charge in [-0.1, -0.05) is 4.98 Å². The first-order chi connectivity index (χ1) is 14.6. The number of alkyl halides is 3. The molecule has 0 aliphatic carbocycles. The molecule has 0 atom stereocenters. The third-order valence-corrected chi connectivity index (χ3v) is 6.31. The zero-order valence-corrected chi connectivity index (χ0v) is 19.1. The first kappa shape index (κ1) is 23.4. The number of aromatic nitrogens is 3. The summed E-state index contributed by atoms with van der Waals surface area (Å²) >= 11 is 1.72. The van der Waals surface area contributed by atoms with Gasteiger partial charge in [0.25, 0.3) is 0 Å². The Morgan fingerprint density at radius 2 is 1.94 bits per heavy atom. The van der Waals surface area contributed by atoms with Gasteiger partial charge >= 0.3 is 12.1 Å².